The lowest BCUT2D eigenvalue weighted by molar-refractivity contribution is -0.124. The number of pyridine rings is 1. The molecule has 0 bridgehead atoms. The minimum Gasteiger partial charge on any atom is -0.355 e. The summed E-state index contributed by atoms with van der Waals surface area (Å²) in [7, 11) is 3.89. The summed E-state index contributed by atoms with van der Waals surface area (Å²) in [6, 6.07) is 9.00. The predicted molar refractivity (Wildman–Crippen MR) is 139 cm³/mol. The van der Waals surface area contributed by atoms with Crippen LogP contribution in [0.3, 0.4) is 0 Å². The van der Waals surface area contributed by atoms with Gasteiger partial charge >= 0.3 is 0 Å². The summed E-state index contributed by atoms with van der Waals surface area (Å²) in [5.41, 5.74) is 2.04. The van der Waals surface area contributed by atoms with Gasteiger partial charge in [0, 0.05) is 54.2 Å². The van der Waals surface area contributed by atoms with Gasteiger partial charge in [-0.3, -0.25) is 14.6 Å². The number of amides is 1. The van der Waals surface area contributed by atoms with Gasteiger partial charge in [0.2, 0.25) is 5.91 Å². The average Bonchev–Trinajstić information content (AvgIpc) is 3.63. The quantitative estimate of drug-likeness (QED) is 0.358. The molecule has 0 saturated heterocycles. The van der Waals surface area contributed by atoms with Crippen LogP contribution in [0.25, 0.3) is 0 Å². The lowest BCUT2D eigenvalue weighted by Gasteiger charge is -2.32. The second-order valence-electron chi connectivity index (χ2n) is 10.2. The number of carbonyl (C=O) groups is 2. The molecule has 1 aliphatic carbocycles. The van der Waals surface area contributed by atoms with Gasteiger partial charge in [0.25, 0.3) is 5.92 Å². The Kier molecular flexibility index (Phi) is 8.88. The Hall–Kier alpha value is -2.38. The second-order valence-corrected chi connectivity index (χ2v) is 10.7. The smallest absolute Gasteiger partial charge is 0.251 e. The summed E-state index contributed by atoms with van der Waals surface area (Å²) in [6.07, 6.45) is 3.23. The van der Waals surface area contributed by atoms with Crippen LogP contribution in [0.2, 0.25) is 5.02 Å². The molecule has 2 aromatic rings. The molecule has 1 N–H and O–H groups in total. The first-order valence-corrected chi connectivity index (χ1v) is 12.8. The average molecular weight is 520 g/mol. The zero-order valence-corrected chi connectivity index (χ0v) is 22.5. The number of carbonyl (C=O) groups excluding carboxylic acids is 2. The molecule has 0 aliphatic heterocycles. The van der Waals surface area contributed by atoms with Gasteiger partial charge in [0.05, 0.1) is 5.02 Å². The highest BCUT2D eigenvalue weighted by molar-refractivity contribution is 6.30. The van der Waals surface area contributed by atoms with Crippen LogP contribution in [0.5, 0.6) is 0 Å². The molecule has 0 unspecified atom stereocenters. The van der Waals surface area contributed by atoms with Crippen molar-refractivity contribution >= 4 is 23.3 Å². The van der Waals surface area contributed by atoms with E-state index in [9.17, 15) is 18.4 Å². The van der Waals surface area contributed by atoms with Gasteiger partial charge in [-0.05, 0) is 76.5 Å². The molecule has 0 radical (unpaired) electrons. The summed E-state index contributed by atoms with van der Waals surface area (Å²) in [4.78, 5) is 31.4. The van der Waals surface area contributed by atoms with Crippen LogP contribution in [-0.4, -0.2) is 54.2 Å². The number of nitrogens with zero attached hydrogens (tertiary/aromatic N) is 2. The third-order valence-electron chi connectivity index (χ3n) is 7.53. The zero-order valence-electron chi connectivity index (χ0n) is 21.7. The largest absolute Gasteiger partial charge is 0.355 e. The van der Waals surface area contributed by atoms with E-state index in [1.807, 2.05) is 51.0 Å². The number of aryl methyl sites for hydroxylation is 1. The zero-order chi connectivity index (χ0) is 26.7. The number of alkyl halides is 2. The number of rotatable bonds is 12. The maximum Gasteiger partial charge on any atom is 0.251 e. The Bertz CT molecular complexity index is 1080. The first-order valence-electron chi connectivity index (χ1n) is 12.4. The van der Waals surface area contributed by atoms with Crippen LogP contribution in [0.4, 0.5) is 8.78 Å². The van der Waals surface area contributed by atoms with E-state index >= 15 is 0 Å². The monoisotopic (exact) mass is 519 g/mol. The summed E-state index contributed by atoms with van der Waals surface area (Å²) in [6.45, 7) is 5.13. The Morgan fingerprint density at radius 3 is 2.42 bits per heavy atom. The maximum absolute atomic E-state index is 14.6. The molecule has 1 aromatic carbocycles. The fourth-order valence-electron chi connectivity index (χ4n) is 4.89. The number of benzene rings is 1. The molecule has 1 saturated carbocycles. The molecular formula is C28H36ClF2N3O2. The number of aromatic nitrogens is 1. The first-order chi connectivity index (χ1) is 16.9. The lowest BCUT2D eigenvalue weighted by atomic mass is 9.79. The Morgan fingerprint density at radius 1 is 1.22 bits per heavy atom. The van der Waals surface area contributed by atoms with Crippen molar-refractivity contribution in [2.24, 2.45) is 5.41 Å². The van der Waals surface area contributed by atoms with E-state index in [1.165, 1.54) is 6.20 Å². The minimum atomic E-state index is -2.92. The van der Waals surface area contributed by atoms with Gasteiger partial charge in [-0.25, -0.2) is 8.78 Å². The molecule has 1 amide bonds. The standard InChI is InChI=1S/C28H36ClF2N3O2/c1-6-25(35)20-8-7-19(18(2)13-20)14-22(34(4)5)17-33-26(36)15-23(24-10-9-21(29)16-32-24)28(11-12-28)27(3,30)31/h7-10,13,16,22-23H,6,11-12,14-15,17H2,1-5H3,(H,33,36)/t22-,23-/m0/s1. The van der Waals surface area contributed by atoms with E-state index in [1.54, 1.807) is 12.1 Å². The highest BCUT2D eigenvalue weighted by atomic mass is 35.5. The van der Waals surface area contributed by atoms with E-state index in [2.05, 4.69) is 10.3 Å². The Morgan fingerprint density at radius 2 is 1.92 bits per heavy atom. The van der Waals surface area contributed by atoms with E-state index < -0.39 is 17.3 Å². The highest BCUT2D eigenvalue weighted by Crippen LogP contribution is 2.65. The summed E-state index contributed by atoms with van der Waals surface area (Å²) in [5.74, 6) is -3.79. The molecule has 196 valence electrons. The molecule has 5 nitrogen and oxygen atoms in total. The lowest BCUT2D eigenvalue weighted by Crippen LogP contribution is -2.43. The first kappa shape index (κ1) is 28.2. The SMILES string of the molecule is CCC(=O)c1ccc(C[C@@H](CNC(=O)C[C@@H](c2ccc(Cl)cn2)C2(C(C)(F)F)CC2)N(C)C)c(C)c1. The van der Waals surface area contributed by atoms with Crippen LogP contribution >= 0.6 is 11.6 Å². The number of halogens is 3. The summed E-state index contributed by atoms with van der Waals surface area (Å²) >= 11 is 5.95. The molecule has 1 heterocycles. The van der Waals surface area contributed by atoms with Gasteiger partial charge in [0.1, 0.15) is 0 Å². The van der Waals surface area contributed by atoms with Crippen molar-refractivity contribution in [2.75, 3.05) is 20.6 Å². The van der Waals surface area contributed by atoms with Gasteiger partial charge in [0.15, 0.2) is 5.78 Å². The fourth-order valence-corrected chi connectivity index (χ4v) is 5.00. The molecule has 1 aliphatic rings. The third-order valence-corrected chi connectivity index (χ3v) is 7.76. The van der Waals surface area contributed by atoms with E-state index in [0.29, 0.717) is 48.5 Å². The van der Waals surface area contributed by atoms with Gasteiger partial charge < -0.3 is 10.2 Å². The van der Waals surface area contributed by atoms with Crippen molar-refractivity contribution in [3.8, 4) is 0 Å². The van der Waals surface area contributed by atoms with E-state index in [0.717, 1.165) is 18.1 Å². The molecule has 3 rings (SSSR count). The van der Waals surface area contributed by atoms with E-state index in [4.69, 9.17) is 11.6 Å². The van der Waals surface area contributed by atoms with Crippen molar-refractivity contribution in [3.05, 3.63) is 63.9 Å². The highest BCUT2D eigenvalue weighted by Gasteiger charge is 2.64. The summed E-state index contributed by atoms with van der Waals surface area (Å²) < 4.78 is 29.2. The molecule has 2 atom stereocenters. The Labute approximate surface area is 217 Å². The summed E-state index contributed by atoms with van der Waals surface area (Å²) in [5, 5.41) is 3.39. The normalized spacial score (nSPS) is 16.5. The fraction of sp³-hybridized carbons (Fsp3) is 0.536. The van der Waals surface area contributed by atoms with Crippen molar-refractivity contribution in [1.82, 2.24) is 15.2 Å². The number of likely N-dealkylation sites (N-methyl/N-ethyl adjacent to an activating group) is 1. The van der Waals surface area contributed by atoms with Gasteiger partial charge in [-0.1, -0.05) is 30.7 Å². The van der Waals surface area contributed by atoms with Gasteiger partial charge in [-0.2, -0.15) is 0 Å². The Balaban J connectivity index is 1.70. The van der Waals surface area contributed by atoms with Gasteiger partial charge in [-0.15, -0.1) is 0 Å². The van der Waals surface area contributed by atoms with Crippen LogP contribution in [0.1, 0.15) is 72.6 Å². The number of hydrogen-bond acceptors (Lipinski definition) is 4. The number of ketones is 1. The van der Waals surface area contributed by atoms with Crippen molar-refractivity contribution in [2.45, 2.75) is 70.8 Å². The van der Waals surface area contributed by atoms with Crippen molar-refractivity contribution in [1.29, 1.82) is 0 Å². The minimum absolute atomic E-state index is 0.00464. The van der Waals surface area contributed by atoms with Crippen molar-refractivity contribution < 1.29 is 18.4 Å². The topological polar surface area (TPSA) is 62.3 Å². The number of nitrogens with one attached hydrogen (secondary N) is 1. The van der Waals surface area contributed by atoms with Crippen LogP contribution < -0.4 is 5.32 Å². The molecule has 1 aromatic heterocycles. The molecule has 1 fully saturated rings. The van der Waals surface area contributed by atoms with Crippen LogP contribution in [-0.2, 0) is 11.2 Å². The molecule has 36 heavy (non-hydrogen) atoms. The number of hydrogen-bond donors (Lipinski definition) is 1. The van der Waals surface area contributed by atoms with Crippen molar-refractivity contribution in [3.63, 3.8) is 0 Å². The third kappa shape index (κ3) is 6.48. The van der Waals surface area contributed by atoms with Crippen LogP contribution in [0, 0.1) is 12.3 Å². The second kappa shape index (κ2) is 11.3. The molecular weight excluding hydrogens is 484 g/mol. The number of Topliss-reactive ketones (excluding diaryl/α,β-unsaturated/α-hetero) is 1. The molecule has 8 heteroatoms. The predicted octanol–water partition coefficient (Wildman–Crippen LogP) is 5.83. The van der Waals surface area contributed by atoms with Crippen LogP contribution in [0.15, 0.2) is 36.5 Å². The molecule has 0 spiro atoms. The van der Waals surface area contributed by atoms with E-state index in [-0.39, 0.29) is 24.2 Å². The maximum atomic E-state index is 14.6.